The van der Waals surface area contributed by atoms with Crippen molar-refractivity contribution in [3.8, 4) is 17.2 Å². The topological polar surface area (TPSA) is 135 Å². The number of aromatic nitrogens is 3. The molecule has 0 N–H and O–H groups in total. The number of hydrogen-bond donors (Lipinski definition) is 0. The van der Waals surface area contributed by atoms with Crippen LogP contribution in [0, 0.1) is 27.2 Å². The predicted molar refractivity (Wildman–Crippen MR) is 145 cm³/mol. The van der Waals surface area contributed by atoms with Gasteiger partial charge < -0.3 is 9.47 Å². The molecule has 0 amide bonds. The number of non-ortho nitro benzene ring substituents is 1. The molecule has 0 spiro atoms. The van der Waals surface area contributed by atoms with Gasteiger partial charge in [0.05, 0.1) is 12.0 Å². The number of aryl methyl sites for hydroxylation is 1. The number of hydrogen-bond acceptors (Lipinski definition) is 9. The van der Waals surface area contributed by atoms with E-state index in [0.29, 0.717) is 33.6 Å². The van der Waals surface area contributed by atoms with Crippen LogP contribution in [0.15, 0.2) is 76.4 Å². The van der Waals surface area contributed by atoms with Crippen LogP contribution >= 0.6 is 27.7 Å². The van der Waals surface area contributed by atoms with Crippen molar-refractivity contribution in [2.45, 2.75) is 23.9 Å². The zero-order valence-electron chi connectivity index (χ0n) is 20.3. The molecule has 0 unspecified atom stereocenters. The summed E-state index contributed by atoms with van der Waals surface area (Å²) in [5.74, 6) is 1.74. The lowest BCUT2D eigenvalue weighted by Gasteiger charge is -2.18. The van der Waals surface area contributed by atoms with Crippen LogP contribution in [0.1, 0.15) is 22.2 Å². The highest BCUT2D eigenvalue weighted by Gasteiger charge is 2.27. The quantitative estimate of drug-likeness (QED) is 0.116. The highest BCUT2D eigenvalue weighted by molar-refractivity contribution is 9.10. The van der Waals surface area contributed by atoms with E-state index in [1.807, 2.05) is 28.8 Å². The van der Waals surface area contributed by atoms with Crippen LogP contribution in [-0.4, -0.2) is 38.3 Å². The molecule has 38 heavy (non-hydrogen) atoms. The Labute approximate surface area is 230 Å². The molecule has 0 saturated heterocycles. The lowest BCUT2D eigenvalue weighted by molar-refractivity contribution is -0.479. The lowest BCUT2D eigenvalue weighted by atomic mass is 10.1. The van der Waals surface area contributed by atoms with Gasteiger partial charge in [-0.05, 0) is 55.0 Å². The third-order valence-corrected chi connectivity index (χ3v) is 7.18. The minimum Gasteiger partial charge on any atom is -0.497 e. The van der Waals surface area contributed by atoms with Crippen molar-refractivity contribution in [3.63, 3.8) is 0 Å². The molecule has 196 valence electrons. The van der Waals surface area contributed by atoms with Crippen LogP contribution < -0.4 is 9.47 Å². The second-order valence-corrected chi connectivity index (χ2v) is 10.2. The first-order valence-electron chi connectivity index (χ1n) is 11.3. The van der Waals surface area contributed by atoms with E-state index in [2.05, 4.69) is 26.1 Å². The summed E-state index contributed by atoms with van der Waals surface area (Å²) in [6, 6.07) is 18.7. The standard InChI is InChI=1S/C25H22BrN5O6S/c1-16-27-28-25(30(16)19-7-9-21(36-2)10-8-19)38-24(14-29(32)33)22-13-18(26)6-11-23(22)37-15-17-4-3-5-20(12-17)31(34)35/h3-13,24H,14-15H2,1-2H3/t24-/m0/s1. The van der Waals surface area contributed by atoms with E-state index in [1.54, 1.807) is 44.4 Å². The maximum absolute atomic E-state index is 11.7. The van der Waals surface area contributed by atoms with Crippen molar-refractivity contribution in [2.75, 3.05) is 13.7 Å². The second kappa shape index (κ2) is 12.0. The Morgan fingerprint density at radius 3 is 2.50 bits per heavy atom. The molecule has 1 aromatic heterocycles. The number of nitro groups is 2. The summed E-state index contributed by atoms with van der Waals surface area (Å²) in [5, 5.41) is 31.1. The molecule has 0 saturated carbocycles. The fourth-order valence-corrected chi connectivity index (χ4v) is 5.30. The fourth-order valence-electron chi connectivity index (χ4n) is 3.73. The van der Waals surface area contributed by atoms with Crippen LogP contribution in [-0.2, 0) is 6.61 Å². The summed E-state index contributed by atoms with van der Waals surface area (Å²) in [6.45, 7) is 1.45. The van der Waals surface area contributed by atoms with Gasteiger partial charge in [0.15, 0.2) is 5.16 Å². The summed E-state index contributed by atoms with van der Waals surface area (Å²) in [4.78, 5) is 22.0. The van der Waals surface area contributed by atoms with Gasteiger partial charge in [0.2, 0.25) is 6.54 Å². The Hall–Kier alpha value is -3.97. The second-order valence-electron chi connectivity index (χ2n) is 8.08. The summed E-state index contributed by atoms with van der Waals surface area (Å²) < 4.78 is 13.8. The Morgan fingerprint density at radius 2 is 1.82 bits per heavy atom. The molecule has 4 rings (SSSR count). The van der Waals surface area contributed by atoms with Crippen LogP contribution in [0.5, 0.6) is 11.5 Å². The zero-order valence-corrected chi connectivity index (χ0v) is 22.7. The first-order chi connectivity index (χ1) is 18.2. The van der Waals surface area contributed by atoms with Gasteiger partial charge in [0.25, 0.3) is 5.69 Å². The highest BCUT2D eigenvalue weighted by atomic mass is 79.9. The molecule has 0 fully saturated rings. The molecule has 0 aliphatic heterocycles. The third kappa shape index (κ3) is 6.47. The van der Waals surface area contributed by atoms with Gasteiger partial charge in [0.1, 0.15) is 29.2 Å². The minimum atomic E-state index is -0.678. The maximum atomic E-state index is 11.7. The smallest absolute Gasteiger partial charge is 0.269 e. The molecular formula is C25H22BrN5O6S. The van der Waals surface area contributed by atoms with Crippen LogP contribution in [0.2, 0.25) is 0 Å². The maximum Gasteiger partial charge on any atom is 0.269 e. The van der Waals surface area contributed by atoms with Crippen LogP contribution in [0.3, 0.4) is 0 Å². The van der Waals surface area contributed by atoms with E-state index < -0.39 is 16.7 Å². The van der Waals surface area contributed by atoms with E-state index in [0.717, 1.165) is 10.2 Å². The number of nitrogens with zero attached hydrogens (tertiary/aromatic N) is 5. The van der Waals surface area contributed by atoms with Crippen LogP contribution in [0.25, 0.3) is 5.69 Å². The van der Waals surface area contributed by atoms with Gasteiger partial charge in [-0.15, -0.1) is 10.2 Å². The summed E-state index contributed by atoms with van der Waals surface area (Å²) in [6.07, 6.45) is 0. The zero-order chi connectivity index (χ0) is 27.2. The van der Waals surface area contributed by atoms with Gasteiger partial charge in [-0.25, -0.2) is 0 Å². The Bertz CT molecular complexity index is 1460. The molecule has 0 bridgehead atoms. The molecule has 3 aromatic carbocycles. The summed E-state index contributed by atoms with van der Waals surface area (Å²) in [7, 11) is 1.58. The normalized spacial score (nSPS) is 11.7. The first-order valence-corrected chi connectivity index (χ1v) is 12.9. The molecule has 1 heterocycles. The number of methoxy groups -OCH3 is 1. The van der Waals surface area contributed by atoms with Gasteiger partial charge in [0, 0.05) is 32.8 Å². The lowest BCUT2D eigenvalue weighted by Crippen LogP contribution is -2.13. The first kappa shape index (κ1) is 27.1. The average Bonchev–Trinajstić information content (AvgIpc) is 3.27. The number of thioether (sulfide) groups is 1. The number of halogens is 1. The number of rotatable bonds is 11. The van der Waals surface area contributed by atoms with Gasteiger partial charge in [-0.3, -0.25) is 24.8 Å². The van der Waals surface area contributed by atoms with Gasteiger partial charge >= 0.3 is 0 Å². The molecule has 13 heteroatoms. The van der Waals surface area contributed by atoms with E-state index >= 15 is 0 Å². The van der Waals surface area contributed by atoms with Crippen molar-refractivity contribution >= 4 is 33.4 Å². The van der Waals surface area contributed by atoms with Gasteiger partial charge in [-0.2, -0.15) is 0 Å². The van der Waals surface area contributed by atoms with E-state index in [9.17, 15) is 20.2 Å². The van der Waals surface area contributed by atoms with Crippen molar-refractivity contribution < 1.29 is 19.3 Å². The number of ether oxygens (including phenoxy) is 2. The molecule has 4 aromatic rings. The van der Waals surface area contributed by atoms with E-state index in [-0.39, 0.29) is 17.2 Å². The third-order valence-electron chi connectivity index (χ3n) is 5.52. The van der Waals surface area contributed by atoms with E-state index in [4.69, 9.17) is 9.47 Å². The fraction of sp³-hybridized carbons (Fsp3) is 0.200. The molecule has 11 nitrogen and oxygen atoms in total. The SMILES string of the molecule is COc1ccc(-n2c(C)nnc2S[C@@H](C[N+](=O)[O-])c2cc(Br)ccc2OCc2cccc([N+](=O)[O-])c2)cc1. The summed E-state index contributed by atoms with van der Waals surface area (Å²) >= 11 is 4.65. The Balaban J connectivity index is 1.66. The van der Waals surface area contributed by atoms with E-state index in [1.165, 1.54) is 23.9 Å². The van der Waals surface area contributed by atoms with Gasteiger partial charge in [-0.1, -0.05) is 39.8 Å². The molecule has 0 aliphatic rings. The van der Waals surface area contributed by atoms with Crippen molar-refractivity contribution in [2.24, 2.45) is 0 Å². The highest BCUT2D eigenvalue weighted by Crippen LogP contribution is 2.41. The Morgan fingerprint density at radius 1 is 1.05 bits per heavy atom. The summed E-state index contributed by atoms with van der Waals surface area (Å²) in [5.41, 5.74) is 1.92. The van der Waals surface area contributed by atoms with Crippen LogP contribution in [0.4, 0.5) is 5.69 Å². The molecular weight excluding hydrogens is 578 g/mol. The molecule has 1 atom stereocenters. The van der Waals surface area contributed by atoms with Crippen molar-refractivity contribution in [1.29, 1.82) is 0 Å². The number of nitro benzene ring substituents is 1. The Kier molecular flexibility index (Phi) is 8.59. The average molecular weight is 600 g/mol. The number of benzene rings is 3. The predicted octanol–water partition coefficient (Wildman–Crippen LogP) is 5.94. The largest absolute Gasteiger partial charge is 0.497 e. The molecule has 0 radical (unpaired) electrons. The minimum absolute atomic E-state index is 0.0443. The molecule has 0 aliphatic carbocycles. The van der Waals surface area contributed by atoms with Crippen molar-refractivity contribution in [1.82, 2.24) is 14.8 Å². The monoisotopic (exact) mass is 599 g/mol. The van der Waals surface area contributed by atoms with Crippen molar-refractivity contribution in [3.05, 3.63) is 108 Å².